The number of likely N-dealkylation sites (N-methyl/N-ethyl adjacent to an activating group) is 1. The van der Waals surface area contributed by atoms with Crippen molar-refractivity contribution in [1.82, 2.24) is 14.5 Å². The lowest BCUT2D eigenvalue weighted by Gasteiger charge is -2.23. The number of nitrogens with one attached hydrogen (secondary N) is 2. The van der Waals surface area contributed by atoms with Crippen molar-refractivity contribution in [3.63, 3.8) is 0 Å². The summed E-state index contributed by atoms with van der Waals surface area (Å²) in [5.74, 6) is -2.38. The normalized spacial score (nSPS) is 10.7. The van der Waals surface area contributed by atoms with Gasteiger partial charge in [0.15, 0.2) is 12.3 Å². The number of esters is 2. The van der Waals surface area contributed by atoms with E-state index in [1.54, 1.807) is 52.0 Å². The summed E-state index contributed by atoms with van der Waals surface area (Å²) in [5, 5.41) is 0. The summed E-state index contributed by atoms with van der Waals surface area (Å²) in [4.78, 5) is 68.9. The van der Waals surface area contributed by atoms with E-state index in [4.69, 9.17) is 15.2 Å². The van der Waals surface area contributed by atoms with Crippen LogP contribution in [-0.2, 0) is 20.8 Å². The molecule has 0 bridgehead atoms. The highest BCUT2D eigenvalue weighted by Gasteiger charge is 2.27. The minimum Gasteiger partial charge on any atom is -0.462 e. The first-order chi connectivity index (χ1) is 17.6. The van der Waals surface area contributed by atoms with Crippen LogP contribution in [0.5, 0.6) is 0 Å². The Hall–Kier alpha value is -4.61. The second-order valence-electron chi connectivity index (χ2n) is 8.12. The van der Waals surface area contributed by atoms with Gasteiger partial charge >= 0.3 is 17.6 Å². The van der Waals surface area contributed by atoms with E-state index < -0.39 is 35.7 Å². The number of nitrogen functional groups attached to an aromatic ring is 1. The Bertz CT molecular complexity index is 1440. The average molecular weight is 512 g/mol. The lowest BCUT2D eigenvalue weighted by atomic mass is 10.1. The van der Waals surface area contributed by atoms with Crippen molar-refractivity contribution in [1.29, 1.82) is 0 Å². The number of nitrogens with two attached hydrogens (primary N) is 1. The molecule has 0 radical (unpaired) electrons. The molecule has 0 saturated carbocycles. The minimum absolute atomic E-state index is 0.00479. The number of aromatic amines is 2. The van der Waals surface area contributed by atoms with Crippen LogP contribution in [0.3, 0.4) is 0 Å². The van der Waals surface area contributed by atoms with E-state index >= 15 is 0 Å². The van der Waals surface area contributed by atoms with Gasteiger partial charge in [0.1, 0.15) is 11.5 Å². The third-order valence-electron chi connectivity index (χ3n) is 5.73. The molecule has 0 aliphatic heterocycles. The Morgan fingerprint density at radius 1 is 1.00 bits per heavy atom. The van der Waals surface area contributed by atoms with E-state index in [1.807, 2.05) is 6.07 Å². The van der Waals surface area contributed by atoms with Gasteiger partial charge in [-0.2, -0.15) is 0 Å². The number of carbonyl (C=O) groups is 3. The van der Waals surface area contributed by atoms with Crippen LogP contribution in [0.15, 0.2) is 39.9 Å². The Morgan fingerprint density at radius 3 is 2.30 bits per heavy atom. The van der Waals surface area contributed by atoms with Gasteiger partial charge in [0.25, 0.3) is 11.5 Å². The molecule has 0 fully saturated rings. The smallest absolute Gasteiger partial charge is 0.355 e. The van der Waals surface area contributed by atoms with E-state index in [9.17, 15) is 24.0 Å². The third kappa shape index (κ3) is 5.63. The molecule has 3 aromatic rings. The zero-order chi connectivity index (χ0) is 27.3. The Kier molecular flexibility index (Phi) is 8.33. The molecule has 0 saturated heterocycles. The second kappa shape index (κ2) is 11.4. The van der Waals surface area contributed by atoms with E-state index in [2.05, 4.69) is 9.97 Å². The highest BCUT2D eigenvalue weighted by atomic mass is 16.5. The number of amides is 1. The van der Waals surface area contributed by atoms with Crippen molar-refractivity contribution in [2.75, 3.05) is 30.4 Å². The molecule has 1 aromatic carbocycles. The van der Waals surface area contributed by atoms with Crippen LogP contribution in [0, 0.1) is 13.8 Å². The van der Waals surface area contributed by atoms with Crippen molar-refractivity contribution in [2.45, 2.75) is 34.2 Å². The molecular formula is C25H29N5O7. The molecule has 3 rings (SSSR count). The molecule has 2 aromatic heterocycles. The summed E-state index contributed by atoms with van der Waals surface area (Å²) < 4.78 is 11.3. The van der Waals surface area contributed by atoms with Gasteiger partial charge in [-0.3, -0.25) is 19.1 Å². The molecule has 0 spiro atoms. The van der Waals surface area contributed by atoms with Crippen molar-refractivity contribution in [3.8, 4) is 0 Å². The monoisotopic (exact) mass is 511 g/mol. The van der Waals surface area contributed by atoms with Gasteiger partial charge in [-0.25, -0.2) is 14.4 Å². The summed E-state index contributed by atoms with van der Waals surface area (Å²) >= 11 is 0. The van der Waals surface area contributed by atoms with Crippen LogP contribution in [0.2, 0.25) is 0 Å². The first-order valence-electron chi connectivity index (χ1n) is 11.6. The second-order valence-corrected chi connectivity index (χ2v) is 8.12. The number of rotatable bonds is 9. The van der Waals surface area contributed by atoms with E-state index in [1.165, 1.54) is 0 Å². The van der Waals surface area contributed by atoms with Crippen LogP contribution in [0.4, 0.5) is 11.5 Å². The number of carbonyl (C=O) groups excluding carboxylic acids is 3. The fourth-order valence-corrected chi connectivity index (χ4v) is 3.96. The molecule has 37 heavy (non-hydrogen) atoms. The first kappa shape index (κ1) is 27.0. The van der Waals surface area contributed by atoms with Gasteiger partial charge in [0.05, 0.1) is 18.7 Å². The van der Waals surface area contributed by atoms with E-state index in [-0.39, 0.29) is 42.5 Å². The molecule has 0 aliphatic carbocycles. The molecule has 0 atom stereocenters. The van der Waals surface area contributed by atoms with Gasteiger partial charge in [-0.05, 0) is 38.8 Å². The molecule has 1 amide bonds. The van der Waals surface area contributed by atoms with Crippen LogP contribution in [0.1, 0.15) is 51.5 Å². The van der Waals surface area contributed by atoms with Crippen LogP contribution < -0.4 is 21.9 Å². The zero-order valence-electron chi connectivity index (χ0n) is 21.0. The molecule has 196 valence electrons. The maximum Gasteiger partial charge on any atom is 0.355 e. The Labute approximate surface area is 212 Å². The quantitative estimate of drug-likeness (QED) is 0.363. The van der Waals surface area contributed by atoms with Crippen molar-refractivity contribution < 1.29 is 23.9 Å². The highest BCUT2D eigenvalue weighted by Crippen LogP contribution is 2.21. The molecule has 2 heterocycles. The SMILES string of the molecule is CCOC(=O)c1c(C)[nH]c(C(=O)OCC(=O)N(CC)c2c(N)n(Cc3ccccc3)c(=O)[nH]c2=O)c1C. The number of hydrogen-bond acceptors (Lipinski definition) is 8. The van der Waals surface area contributed by atoms with Gasteiger partial charge < -0.3 is 25.1 Å². The molecule has 0 aliphatic rings. The number of aromatic nitrogens is 3. The Balaban J connectivity index is 1.83. The topological polar surface area (TPSA) is 170 Å². The maximum absolute atomic E-state index is 13.0. The van der Waals surface area contributed by atoms with Gasteiger partial charge in [-0.1, -0.05) is 30.3 Å². The van der Waals surface area contributed by atoms with Crippen LogP contribution in [-0.4, -0.2) is 52.1 Å². The number of ether oxygens (including phenoxy) is 2. The Morgan fingerprint density at radius 2 is 1.68 bits per heavy atom. The molecule has 4 N–H and O–H groups in total. The predicted octanol–water partition coefficient (Wildman–Crippen LogP) is 1.50. The summed E-state index contributed by atoms with van der Waals surface area (Å²) in [6.45, 7) is 5.99. The van der Waals surface area contributed by atoms with Gasteiger partial charge in [0.2, 0.25) is 0 Å². The van der Waals surface area contributed by atoms with Crippen molar-refractivity contribution in [3.05, 3.63) is 79.2 Å². The standard InChI is InChI=1S/C25H29N5O7/c1-5-29(20-21(26)30(25(35)28-22(20)32)12-16-10-8-7-9-11-16)17(31)13-37-24(34)19-14(3)18(15(4)27-19)23(33)36-6-2/h7-11,27H,5-6,12-13,26H2,1-4H3,(H,28,32,35). The van der Waals surface area contributed by atoms with Crippen molar-refractivity contribution >= 4 is 29.4 Å². The number of H-pyrrole nitrogens is 2. The number of nitrogens with zero attached hydrogens (tertiary/aromatic N) is 2. The fourth-order valence-electron chi connectivity index (χ4n) is 3.96. The van der Waals surface area contributed by atoms with Crippen LogP contribution in [0.25, 0.3) is 0 Å². The molecule has 0 unspecified atom stereocenters. The van der Waals surface area contributed by atoms with Crippen LogP contribution >= 0.6 is 0 Å². The third-order valence-corrected chi connectivity index (χ3v) is 5.73. The van der Waals surface area contributed by atoms with Gasteiger partial charge in [-0.15, -0.1) is 0 Å². The number of anilines is 2. The minimum atomic E-state index is -0.864. The summed E-state index contributed by atoms with van der Waals surface area (Å²) in [6.07, 6.45) is 0. The van der Waals surface area contributed by atoms with Gasteiger partial charge in [0, 0.05) is 12.2 Å². The summed E-state index contributed by atoms with van der Waals surface area (Å²) in [5.41, 5.74) is 6.12. The number of hydrogen-bond donors (Lipinski definition) is 3. The zero-order valence-corrected chi connectivity index (χ0v) is 21.0. The molecular weight excluding hydrogens is 482 g/mol. The van der Waals surface area contributed by atoms with E-state index in [0.29, 0.717) is 11.3 Å². The maximum atomic E-state index is 13.0. The molecule has 12 nitrogen and oxygen atoms in total. The molecule has 12 heteroatoms. The average Bonchev–Trinajstić information content (AvgIpc) is 3.17. The summed E-state index contributed by atoms with van der Waals surface area (Å²) in [6, 6.07) is 8.98. The lowest BCUT2D eigenvalue weighted by Crippen LogP contribution is -2.42. The van der Waals surface area contributed by atoms with Crippen molar-refractivity contribution in [2.24, 2.45) is 0 Å². The van der Waals surface area contributed by atoms with E-state index in [0.717, 1.165) is 15.0 Å². The predicted molar refractivity (Wildman–Crippen MR) is 136 cm³/mol. The fraction of sp³-hybridized carbons (Fsp3) is 0.320. The number of aryl methyl sites for hydroxylation is 1. The largest absolute Gasteiger partial charge is 0.462 e. The number of benzene rings is 1. The highest BCUT2D eigenvalue weighted by molar-refractivity contribution is 6.00. The summed E-state index contributed by atoms with van der Waals surface area (Å²) in [7, 11) is 0. The lowest BCUT2D eigenvalue weighted by molar-refractivity contribution is -0.121. The first-order valence-corrected chi connectivity index (χ1v) is 11.6.